The first-order valence-electron chi connectivity index (χ1n) is 7.45. The second-order valence-corrected chi connectivity index (χ2v) is 6.57. The lowest BCUT2D eigenvalue weighted by atomic mass is 10.1. The van der Waals surface area contributed by atoms with E-state index in [1.165, 1.54) is 10.5 Å². The van der Waals surface area contributed by atoms with Crippen molar-refractivity contribution in [2.75, 3.05) is 11.1 Å². The second kappa shape index (κ2) is 8.86. The number of aryl methyl sites for hydroxylation is 1. The van der Waals surface area contributed by atoms with Gasteiger partial charge in [-0.05, 0) is 54.5 Å². The summed E-state index contributed by atoms with van der Waals surface area (Å²) in [4.78, 5) is 13.2. The Morgan fingerprint density at radius 2 is 1.86 bits per heavy atom. The third kappa shape index (κ3) is 5.39. The zero-order valence-electron chi connectivity index (χ0n) is 12.6. The minimum Gasteiger partial charge on any atom is -0.326 e. The highest BCUT2D eigenvalue weighted by atomic mass is 35.5. The number of carbonyl (C=O) groups is 1. The molecule has 4 heteroatoms. The summed E-state index contributed by atoms with van der Waals surface area (Å²) in [6.45, 7) is 2.09. The summed E-state index contributed by atoms with van der Waals surface area (Å²) in [5, 5.41) is 3.75. The number of nitrogens with one attached hydrogen (secondary N) is 1. The van der Waals surface area contributed by atoms with Crippen LogP contribution in [0.15, 0.2) is 53.4 Å². The SMILES string of the molecule is CCc1ccccc1NC(=O)CCCSc1ccc(Cl)cc1. The Kier molecular flexibility index (Phi) is 6.81. The van der Waals surface area contributed by atoms with Crippen LogP contribution in [-0.4, -0.2) is 11.7 Å². The fourth-order valence-corrected chi connectivity index (χ4v) is 3.10. The minimum absolute atomic E-state index is 0.0811. The van der Waals surface area contributed by atoms with Crippen molar-refractivity contribution in [1.82, 2.24) is 0 Å². The van der Waals surface area contributed by atoms with E-state index in [2.05, 4.69) is 12.2 Å². The van der Waals surface area contributed by atoms with Gasteiger partial charge in [0.1, 0.15) is 0 Å². The van der Waals surface area contributed by atoms with Crippen LogP contribution >= 0.6 is 23.4 Å². The average molecular weight is 334 g/mol. The van der Waals surface area contributed by atoms with E-state index in [0.29, 0.717) is 6.42 Å². The van der Waals surface area contributed by atoms with E-state index in [-0.39, 0.29) is 5.91 Å². The zero-order chi connectivity index (χ0) is 15.8. The Morgan fingerprint density at radius 3 is 2.59 bits per heavy atom. The predicted molar refractivity (Wildman–Crippen MR) is 95.9 cm³/mol. The summed E-state index contributed by atoms with van der Waals surface area (Å²) in [6, 6.07) is 15.7. The van der Waals surface area contributed by atoms with Gasteiger partial charge in [0.2, 0.25) is 5.91 Å². The molecule has 0 saturated heterocycles. The molecule has 0 bridgehead atoms. The van der Waals surface area contributed by atoms with Crippen LogP contribution in [0.5, 0.6) is 0 Å². The zero-order valence-corrected chi connectivity index (χ0v) is 14.2. The van der Waals surface area contributed by atoms with Crippen LogP contribution in [0.25, 0.3) is 0 Å². The molecule has 2 rings (SSSR count). The van der Waals surface area contributed by atoms with Crippen molar-refractivity contribution >= 4 is 35.0 Å². The fourth-order valence-electron chi connectivity index (χ4n) is 2.12. The smallest absolute Gasteiger partial charge is 0.224 e. The normalized spacial score (nSPS) is 10.5. The van der Waals surface area contributed by atoms with Gasteiger partial charge in [0.05, 0.1) is 0 Å². The first-order valence-corrected chi connectivity index (χ1v) is 8.81. The van der Waals surface area contributed by atoms with Crippen LogP contribution in [0, 0.1) is 0 Å². The molecule has 0 heterocycles. The molecule has 0 unspecified atom stereocenters. The standard InChI is InChI=1S/C18H20ClNOS/c1-2-14-6-3-4-7-17(14)20-18(21)8-5-13-22-16-11-9-15(19)10-12-16/h3-4,6-7,9-12H,2,5,8,13H2,1H3,(H,20,21). The molecule has 116 valence electrons. The van der Waals surface area contributed by atoms with E-state index in [4.69, 9.17) is 11.6 Å². The number of amides is 1. The van der Waals surface area contributed by atoms with Crippen LogP contribution in [0.3, 0.4) is 0 Å². The largest absolute Gasteiger partial charge is 0.326 e. The molecule has 2 aromatic rings. The van der Waals surface area contributed by atoms with Crippen molar-refractivity contribution in [1.29, 1.82) is 0 Å². The Labute approximate surface area is 141 Å². The summed E-state index contributed by atoms with van der Waals surface area (Å²) in [7, 11) is 0. The maximum Gasteiger partial charge on any atom is 0.224 e. The summed E-state index contributed by atoms with van der Waals surface area (Å²) in [6.07, 6.45) is 2.31. The summed E-state index contributed by atoms with van der Waals surface area (Å²) >= 11 is 7.60. The summed E-state index contributed by atoms with van der Waals surface area (Å²) in [5.74, 6) is 1.00. The van der Waals surface area contributed by atoms with Crippen molar-refractivity contribution < 1.29 is 4.79 Å². The van der Waals surface area contributed by atoms with Gasteiger partial charge in [0.15, 0.2) is 0 Å². The van der Waals surface area contributed by atoms with Crippen LogP contribution in [-0.2, 0) is 11.2 Å². The van der Waals surface area contributed by atoms with Gasteiger partial charge in [0.25, 0.3) is 0 Å². The van der Waals surface area contributed by atoms with Gasteiger partial charge < -0.3 is 5.32 Å². The number of rotatable bonds is 7. The minimum atomic E-state index is 0.0811. The van der Waals surface area contributed by atoms with Crippen molar-refractivity contribution in [3.05, 3.63) is 59.1 Å². The lowest BCUT2D eigenvalue weighted by Crippen LogP contribution is -2.12. The van der Waals surface area contributed by atoms with Crippen molar-refractivity contribution in [2.24, 2.45) is 0 Å². The first-order chi connectivity index (χ1) is 10.7. The monoisotopic (exact) mass is 333 g/mol. The second-order valence-electron chi connectivity index (χ2n) is 4.96. The summed E-state index contributed by atoms with van der Waals surface area (Å²) < 4.78 is 0. The highest BCUT2D eigenvalue weighted by Gasteiger charge is 2.05. The van der Waals surface area contributed by atoms with E-state index in [0.717, 1.165) is 29.3 Å². The maximum atomic E-state index is 12.0. The van der Waals surface area contributed by atoms with E-state index in [1.807, 2.05) is 48.5 Å². The number of hydrogen-bond donors (Lipinski definition) is 1. The molecule has 0 aliphatic carbocycles. The van der Waals surface area contributed by atoms with Gasteiger partial charge in [0, 0.05) is 22.0 Å². The van der Waals surface area contributed by atoms with Crippen molar-refractivity contribution in [2.45, 2.75) is 31.1 Å². The maximum absolute atomic E-state index is 12.0. The number of hydrogen-bond acceptors (Lipinski definition) is 2. The van der Waals surface area contributed by atoms with E-state index >= 15 is 0 Å². The molecule has 0 spiro atoms. The number of halogens is 1. The molecule has 0 saturated carbocycles. The molecule has 0 radical (unpaired) electrons. The number of carbonyl (C=O) groups excluding carboxylic acids is 1. The fraction of sp³-hybridized carbons (Fsp3) is 0.278. The van der Waals surface area contributed by atoms with Crippen LogP contribution in [0.1, 0.15) is 25.3 Å². The van der Waals surface area contributed by atoms with Crippen LogP contribution in [0.4, 0.5) is 5.69 Å². The molecule has 2 aromatic carbocycles. The van der Waals surface area contributed by atoms with Crippen molar-refractivity contribution in [3.63, 3.8) is 0 Å². The van der Waals surface area contributed by atoms with E-state index in [9.17, 15) is 4.79 Å². The number of para-hydroxylation sites is 1. The van der Waals surface area contributed by atoms with E-state index in [1.54, 1.807) is 11.8 Å². The molecule has 22 heavy (non-hydrogen) atoms. The van der Waals surface area contributed by atoms with Gasteiger partial charge in [-0.3, -0.25) is 4.79 Å². The highest BCUT2D eigenvalue weighted by molar-refractivity contribution is 7.99. The topological polar surface area (TPSA) is 29.1 Å². The summed E-state index contributed by atoms with van der Waals surface area (Å²) in [5.41, 5.74) is 2.10. The quantitative estimate of drug-likeness (QED) is 0.542. The number of thioether (sulfide) groups is 1. The Morgan fingerprint density at radius 1 is 1.14 bits per heavy atom. The van der Waals surface area contributed by atoms with Crippen LogP contribution in [0.2, 0.25) is 5.02 Å². The number of benzene rings is 2. The third-order valence-corrected chi connectivity index (χ3v) is 4.65. The molecule has 0 aliphatic heterocycles. The molecule has 0 atom stereocenters. The molecular weight excluding hydrogens is 314 g/mol. The third-order valence-electron chi connectivity index (χ3n) is 3.30. The van der Waals surface area contributed by atoms with Gasteiger partial charge in [-0.1, -0.05) is 36.7 Å². The van der Waals surface area contributed by atoms with Gasteiger partial charge >= 0.3 is 0 Å². The van der Waals surface area contributed by atoms with Crippen molar-refractivity contribution in [3.8, 4) is 0 Å². The van der Waals surface area contributed by atoms with Gasteiger partial charge in [-0.15, -0.1) is 11.8 Å². The first kappa shape index (κ1) is 16.9. The molecule has 0 fully saturated rings. The molecule has 2 nitrogen and oxygen atoms in total. The van der Waals surface area contributed by atoms with Gasteiger partial charge in [-0.2, -0.15) is 0 Å². The van der Waals surface area contributed by atoms with Gasteiger partial charge in [-0.25, -0.2) is 0 Å². The Hall–Kier alpha value is -1.45. The Bertz CT molecular complexity index is 613. The highest BCUT2D eigenvalue weighted by Crippen LogP contribution is 2.21. The predicted octanol–water partition coefficient (Wildman–Crippen LogP) is 5.41. The molecule has 0 aliphatic rings. The van der Waals surface area contributed by atoms with E-state index < -0.39 is 0 Å². The molecular formula is C18H20ClNOS. The molecule has 1 N–H and O–H groups in total. The Balaban J connectivity index is 1.72. The van der Waals surface area contributed by atoms with Crippen LogP contribution < -0.4 is 5.32 Å². The molecule has 0 aromatic heterocycles. The average Bonchev–Trinajstić information content (AvgIpc) is 2.54. The molecule has 1 amide bonds. The lowest BCUT2D eigenvalue weighted by Gasteiger charge is -2.09. The number of anilines is 1. The lowest BCUT2D eigenvalue weighted by molar-refractivity contribution is -0.116.